The van der Waals surface area contributed by atoms with Crippen molar-refractivity contribution in [2.24, 2.45) is 0 Å². The van der Waals surface area contributed by atoms with Crippen LogP contribution in [0.5, 0.6) is 0 Å². The summed E-state index contributed by atoms with van der Waals surface area (Å²) in [4.78, 5) is 0. The number of aliphatic hydroxyl groups excluding tert-OH is 1. The Morgan fingerprint density at radius 3 is 2.16 bits per heavy atom. The summed E-state index contributed by atoms with van der Waals surface area (Å²) in [5.41, 5.74) is 2.66. The number of nitrogens with zero attached hydrogens (tertiary/aromatic N) is 1. The Kier molecular flexibility index (Phi) is 5.94. The van der Waals surface area contributed by atoms with Crippen LogP contribution in [0.15, 0.2) is 60.8 Å². The normalized spacial score (nSPS) is 15.0. The van der Waals surface area contributed by atoms with Crippen molar-refractivity contribution in [3.8, 4) is 0 Å². The second-order valence-corrected chi connectivity index (χ2v) is 6.81. The first-order chi connectivity index (χ1) is 11.5. The summed E-state index contributed by atoms with van der Waals surface area (Å²) in [5.74, 6) is 0. The van der Waals surface area contributed by atoms with E-state index in [0.29, 0.717) is 0 Å². The molecule has 2 aromatic carbocycles. The minimum atomic E-state index is -0.719. The van der Waals surface area contributed by atoms with Crippen molar-refractivity contribution < 1.29 is 5.11 Å². The number of fused-ring (bicyclic) bond motifs is 1. The lowest BCUT2D eigenvalue weighted by Crippen LogP contribution is -2.58. The molecule has 1 heterocycles. The molecule has 3 rings (SSSR count). The number of hydrogen-bond acceptors (Lipinski definition) is 2. The first-order valence-corrected chi connectivity index (χ1v) is 8.55. The molecule has 2 N–H and O–H groups in total. The number of benzene rings is 2. The van der Waals surface area contributed by atoms with Gasteiger partial charge in [0, 0.05) is 17.6 Å². The van der Waals surface area contributed by atoms with Crippen molar-refractivity contribution in [3.63, 3.8) is 0 Å². The van der Waals surface area contributed by atoms with E-state index in [1.54, 1.807) is 0 Å². The predicted octanol–water partition coefficient (Wildman–Crippen LogP) is 4.45. The standard InChI is InChI=1S/C21H26N2O.ClH/c1-15(2)22-21(17(4)24,18-10-6-5-7-11-18)23-14-16(3)19-12-8-9-13-20(19)23;/h5-15,17,22,24H,1-4H3;1H. The molecule has 0 saturated carbocycles. The van der Waals surface area contributed by atoms with Gasteiger partial charge in [0.05, 0.1) is 11.6 Å². The molecule has 3 aromatic rings. The summed E-state index contributed by atoms with van der Waals surface area (Å²) in [6, 6.07) is 18.8. The molecular formula is C21H27ClN2O. The molecule has 0 amide bonds. The Bertz CT molecular complexity index is 826. The van der Waals surface area contributed by atoms with Gasteiger partial charge in [0.1, 0.15) is 5.66 Å². The number of halogens is 1. The average Bonchev–Trinajstić information content (AvgIpc) is 2.91. The topological polar surface area (TPSA) is 37.2 Å². The second kappa shape index (κ2) is 7.61. The van der Waals surface area contributed by atoms with Crippen LogP contribution in [0, 0.1) is 6.92 Å². The van der Waals surface area contributed by atoms with Crippen molar-refractivity contribution in [3.05, 3.63) is 71.9 Å². The minimum Gasteiger partial charge on any atom is -0.389 e. The third-order valence-electron chi connectivity index (χ3n) is 4.62. The summed E-state index contributed by atoms with van der Waals surface area (Å²) in [7, 11) is 0. The van der Waals surface area contributed by atoms with Crippen LogP contribution in [-0.2, 0) is 5.66 Å². The van der Waals surface area contributed by atoms with E-state index in [1.165, 1.54) is 10.9 Å². The fourth-order valence-electron chi connectivity index (χ4n) is 3.63. The molecule has 0 fully saturated rings. The molecule has 0 aliphatic rings. The molecule has 1 aromatic heterocycles. The van der Waals surface area contributed by atoms with E-state index in [0.717, 1.165) is 11.1 Å². The van der Waals surface area contributed by atoms with Crippen molar-refractivity contribution >= 4 is 23.3 Å². The molecule has 0 aliphatic heterocycles. The van der Waals surface area contributed by atoms with Crippen LogP contribution in [0.4, 0.5) is 0 Å². The number of aliphatic hydroxyl groups is 1. The van der Waals surface area contributed by atoms with Crippen molar-refractivity contribution in [2.45, 2.75) is 45.5 Å². The number of rotatable bonds is 5. The van der Waals surface area contributed by atoms with E-state index in [9.17, 15) is 5.11 Å². The van der Waals surface area contributed by atoms with Crippen LogP contribution >= 0.6 is 12.4 Å². The molecule has 0 spiro atoms. The van der Waals surface area contributed by atoms with Gasteiger partial charge in [-0.2, -0.15) is 0 Å². The Morgan fingerprint density at radius 1 is 0.960 bits per heavy atom. The molecule has 0 radical (unpaired) electrons. The largest absolute Gasteiger partial charge is 0.389 e. The van der Waals surface area contributed by atoms with Gasteiger partial charge in [-0.1, -0.05) is 48.5 Å². The summed E-state index contributed by atoms with van der Waals surface area (Å²) in [5, 5.41) is 15.8. The zero-order chi connectivity index (χ0) is 17.3. The highest BCUT2D eigenvalue weighted by atomic mass is 35.5. The van der Waals surface area contributed by atoms with Gasteiger partial charge < -0.3 is 9.67 Å². The molecule has 0 saturated heterocycles. The maximum atomic E-state index is 10.9. The zero-order valence-electron chi connectivity index (χ0n) is 15.2. The number of hydrogen-bond donors (Lipinski definition) is 2. The van der Waals surface area contributed by atoms with Crippen LogP contribution in [-0.4, -0.2) is 21.8 Å². The summed E-state index contributed by atoms with van der Waals surface area (Å²) in [6.45, 7) is 8.19. The van der Waals surface area contributed by atoms with Crippen LogP contribution in [0.25, 0.3) is 10.9 Å². The Balaban J connectivity index is 0.00000225. The number of para-hydroxylation sites is 1. The van der Waals surface area contributed by atoms with E-state index < -0.39 is 11.8 Å². The van der Waals surface area contributed by atoms with E-state index >= 15 is 0 Å². The molecule has 0 bridgehead atoms. The third kappa shape index (κ3) is 3.32. The first kappa shape index (κ1) is 19.5. The second-order valence-electron chi connectivity index (χ2n) is 6.81. The SMILES string of the molecule is Cc1cn(C(NC(C)C)(c2ccccc2)C(C)O)c2ccccc12.Cl. The Labute approximate surface area is 156 Å². The lowest BCUT2D eigenvalue weighted by molar-refractivity contribution is 0.0471. The smallest absolute Gasteiger partial charge is 0.147 e. The van der Waals surface area contributed by atoms with Crippen LogP contribution in [0.1, 0.15) is 31.9 Å². The van der Waals surface area contributed by atoms with Gasteiger partial charge in [0.15, 0.2) is 0 Å². The van der Waals surface area contributed by atoms with Gasteiger partial charge >= 0.3 is 0 Å². The average molecular weight is 359 g/mol. The molecule has 2 atom stereocenters. The van der Waals surface area contributed by atoms with Gasteiger partial charge in [-0.15, -0.1) is 12.4 Å². The summed E-state index contributed by atoms with van der Waals surface area (Å²) >= 11 is 0. The molecule has 0 aliphatic carbocycles. The number of nitrogens with one attached hydrogen (secondary N) is 1. The van der Waals surface area contributed by atoms with E-state index in [2.05, 4.69) is 67.2 Å². The van der Waals surface area contributed by atoms with Crippen molar-refractivity contribution in [2.75, 3.05) is 0 Å². The minimum absolute atomic E-state index is 0. The lowest BCUT2D eigenvalue weighted by Gasteiger charge is -2.42. The monoisotopic (exact) mass is 358 g/mol. The quantitative estimate of drug-likeness (QED) is 0.707. The van der Waals surface area contributed by atoms with Gasteiger partial charge in [-0.3, -0.25) is 5.32 Å². The lowest BCUT2D eigenvalue weighted by atomic mass is 9.92. The van der Waals surface area contributed by atoms with Gasteiger partial charge in [-0.05, 0) is 44.9 Å². The van der Waals surface area contributed by atoms with E-state index in [-0.39, 0.29) is 18.4 Å². The molecular weight excluding hydrogens is 332 g/mol. The maximum absolute atomic E-state index is 10.9. The molecule has 3 nitrogen and oxygen atoms in total. The molecule has 2 unspecified atom stereocenters. The molecule has 25 heavy (non-hydrogen) atoms. The fraction of sp³-hybridized carbons (Fsp3) is 0.333. The highest BCUT2D eigenvalue weighted by molar-refractivity contribution is 5.85. The van der Waals surface area contributed by atoms with E-state index in [4.69, 9.17) is 0 Å². The number of aromatic nitrogens is 1. The molecule has 134 valence electrons. The van der Waals surface area contributed by atoms with Gasteiger partial charge in [0.25, 0.3) is 0 Å². The molecule has 4 heteroatoms. The Morgan fingerprint density at radius 2 is 1.56 bits per heavy atom. The predicted molar refractivity (Wildman–Crippen MR) is 107 cm³/mol. The summed E-state index contributed by atoms with van der Waals surface area (Å²) in [6.07, 6.45) is 1.53. The maximum Gasteiger partial charge on any atom is 0.147 e. The van der Waals surface area contributed by atoms with Gasteiger partial charge in [-0.25, -0.2) is 0 Å². The van der Waals surface area contributed by atoms with E-state index in [1.807, 2.05) is 31.2 Å². The highest BCUT2D eigenvalue weighted by Crippen LogP contribution is 2.34. The van der Waals surface area contributed by atoms with Crippen LogP contribution in [0.2, 0.25) is 0 Å². The Hall–Kier alpha value is -1.81. The zero-order valence-corrected chi connectivity index (χ0v) is 16.0. The third-order valence-corrected chi connectivity index (χ3v) is 4.62. The summed E-state index contributed by atoms with van der Waals surface area (Å²) < 4.78 is 2.19. The highest BCUT2D eigenvalue weighted by Gasteiger charge is 2.40. The van der Waals surface area contributed by atoms with Crippen LogP contribution < -0.4 is 5.32 Å². The van der Waals surface area contributed by atoms with Crippen molar-refractivity contribution in [1.82, 2.24) is 9.88 Å². The van der Waals surface area contributed by atoms with Gasteiger partial charge in [0.2, 0.25) is 0 Å². The first-order valence-electron chi connectivity index (χ1n) is 8.55. The fourth-order valence-corrected chi connectivity index (χ4v) is 3.63. The van der Waals surface area contributed by atoms with Crippen molar-refractivity contribution in [1.29, 1.82) is 0 Å². The van der Waals surface area contributed by atoms with Crippen LogP contribution in [0.3, 0.4) is 0 Å². The number of aryl methyl sites for hydroxylation is 1.